The molecule has 7 heteroatoms. The molecular weight excluding hydrogens is 326 g/mol. The predicted molar refractivity (Wildman–Crippen MR) is 92.6 cm³/mol. The SMILES string of the molecule is CC(C)c1cccc(NC(=O)c2cc(Cl)ccc2-n2cnnn2)c1. The van der Waals surface area contributed by atoms with Crippen LogP contribution in [0, 0.1) is 0 Å². The first-order valence-electron chi connectivity index (χ1n) is 7.49. The van der Waals surface area contributed by atoms with Crippen LogP contribution in [0.1, 0.15) is 35.7 Å². The van der Waals surface area contributed by atoms with Crippen molar-refractivity contribution in [3.8, 4) is 5.69 Å². The van der Waals surface area contributed by atoms with E-state index in [1.807, 2.05) is 24.3 Å². The van der Waals surface area contributed by atoms with Crippen molar-refractivity contribution in [1.82, 2.24) is 20.2 Å². The highest BCUT2D eigenvalue weighted by Crippen LogP contribution is 2.22. The molecule has 0 fully saturated rings. The highest BCUT2D eigenvalue weighted by atomic mass is 35.5. The summed E-state index contributed by atoms with van der Waals surface area (Å²) >= 11 is 6.05. The van der Waals surface area contributed by atoms with Crippen molar-refractivity contribution in [1.29, 1.82) is 0 Å². The lowest BCUT2D eigenvalue weighted by molar-refractivity contribution is 0.102. The standard InChI is InChI=1S/C17H16ClN5O/c1-11(2)12-4-3-5-14(8-12)20-17(24)15-9-13(18)6-7-16(15)23-10-19-21-22-23/h3-11H,1-2H3,(H,20,24). The molecule has 0 aliphatic heterocycles. The summed E-state index contributed by atoms with van der Waals surface area (Å²) < 4.78 is 1.43. The van der Waals surface area contributed by atoms with E-state index >= 15 is 0 Å². The zero-order valence-electron chi connectivity index (χ0n) is 13.3. The Hall–Kier alpha value is -2.73. The number of hydrogen-bond acceptors (Lipinski definition) is 4. The first-order chi connectivity index (χ1) is 11.5. The Kier molecular flexibility index (Phi) is 4.57. The normalized spacial score (nSPS) is 10.8. The van der Waals surface area contributed by atoms with Crippen LogP contribution in [0.4, 0.5) is 5.69 Å². The third-order valence-corrected chi connectivity index (χ3v) is 3.85. The first kappa shape index (κ1) is 16.1. The van der Waals surface area contributed by atoms with Crippen LogP contribution < -0.4 is 5.32 Å². The van der Waals surface area contributed by atoms with E-state index in [2.05, 4.69) is 34.7 Å². The van der Waals surface area contributed by atoms with Crippen molar-refractivity contribution in [2.24, 2.45) is 0 Å². The second kappa shape index (κ2) is 6.80. The van der Waals surface area contributed by atoms with Gasteiger partial charge in [0, 0.05) is 10.7 Å². The maximum atomic E-state index is 12.7. The second-order valence-corrected chi connectivity index (χ2v) is 6.09. The van der Waals surface area contributed by atoms with E-state index in [4.69, 9.17) is 11.6 Å². The largest absolute Gasteiger partial charge is 0.322 e. The Balaban J connectivity index is 1.93. The summed E-state index contributed by atoms with van der Waals surface area (Å²) in [4.78, 5) is 12.7. The maximum Gasteiger partial charge on any atom is 0.257 e. The molecule has 3 rings (SSSR count). The van der Waals surface area contributed by atoms with Gasteiger partial charge in [-0.25, -0.2) is 0 Å². The van der Waals surface area contributed by atoms with Crippen LogP contribution >= 0.6 is 11.6 Å². The summed E-state index contributed by atoms with van der Waals surface area (Å²) in [5, 5.41) is 14.4. The molecule has 1 aromatic heterocycles. The smallest absolute Gasteiger partial charge is 0.257 e. The Bertz CT molecular complexity index is 861. The molecule has 1 N–H and O–H groups in total. The molecule has 3 aromatic rings. The van der Waals surface area contributed by atoms with Crippen LogP contribution in [-0.4, -0.2) is 26.1 Å². The summed E-state index contributed by atoms with van der Waals surface area (Å²) in [6.45, 7) is 4.21. The van der Waals surface area contributed by atoms with Crippen LogP contribution in [0.3, 0.4) is 0 Å². The zero-order chi connectivity index (χ0) is 17.1. The summed E-state index contributed by atoms with van der Waals surface area (Å²) in [7, 11) is 0. The summed E-state index contributed by atoms with van der Waals surface area (Å²) in [6.07, 6.45) is 1.43. The Morgan fingerprint density at radius 3 is 2.75 bits per heavy atom. The summed E-state index contributed by atoms with van der Waals surface area (Å²) in [5.41, 5.74) is 2.83. The Morgan fingerprint density at radius 2 is 2.04 bits per heavy atom. The number of nitrogens with one attached hydrogen (secondary N) is 1. The molecule has 0 saturated carbocycles. The number of nitrogens with zero attached hydrogens (tertiary/aromatic N) is 4. The van der Waals surface area contributed by atoms with Gasteiger partial charge in [0.05, 0.1) is 11.3 Å². The van der Waals surface area contributed by atoms with Crippen molar-refractivity contribution in [3.05, 3.63) is 64.9 Å². The van der Waals surface area contributed by atoms with Gasteiger partial charge in [0.1, 0.15) is 6.33 Å². The number of carbonyl (C=O) groups is 1. The van der Waals surface area contributed by atoms with Crippen molar-refractivity contribution in [3.63, 3.8) is 0 Å². The van der Waals surface area contributed by atoms with Gasteiger partial charge in [-0.3, -0.25) is 4.79 Å². The minimum absolute atomic E-state index is 0.274. The number of amides is 1. The summed E-state index contributed by atoms with van der Waals surface area (Å²) in [6, 6.07) is 12.8. The third-order valence-electron chi connectivity index (χ3n) is 3.61. The van der Waals surface area contributed by atoms with Crippen LogP contribution in [0.25, 0.3) is 5.69 Å². The second-order valence-electron chi connectivity index (χ2n) is 5.65. The third kappa shape index (κ3) is 3.44. The van der Waals surface area contributed by atoms with E-state index in [0.717, 1.165) is 11.3 Å². The lowest BCUT2D eigenvalue weighted by Crippen LogP contribution is -2.15. The highest BCUT2D eigenvalue weighted by molar-refractivity contribution is 6.31. The first-order valence-corrected chi connectivity index (χ1v) is 7.86. The molecule has 2 aromatic carbocycles. The topological polar surface area (TPSA) is 72.7 Å². The van der Waals surface area contributed by atoms with Crippen molar-refractivity contribution >= 4 is 23.2 Å². The minimum Gasteiger partial charge on any atom is -0.322 e. The number of carbonyl (C=O) groups excluding carboxylic acids is 1. The quantitative estimate of drug-likeness (QED) is 0.785. The number of aromatic nitrogens is 4. The van der Waals surface area contributed by atoms with Gasteiger partial charge in [-0.1, -0.05) is 37.6 Å². The monoisotopic (exact) mass is 341 g/mol. The average molecular weight is 342 g/mol. The number of hydrogen-bond donors (Lipinski definition) is 1. The van der Waals surface area contributed by atoms with E-state index in [-0.39, 0.29) is 5.91 Å². The van der Waals surface area contributed by atoms with Gasteiger partial charge < -0.3 is 5.32 Å². The van der Waals surface area contributed by atoms with Gasteiger partial charge in [0.15, 0.2) is 0 Å². The van der Waals surface area contributed by atoms with Crippen LogP contribution in [0.5, 0.6) is 0 Å². The van der Waals surface area contributed by atoms with Gasteiger partial charge in [-0.15, -0.1) is 5.10 Å². The maximum absolute atomic E-state index is 12.7. The lowest BCUT2D eigenvalue weighted by atomic mass is 10.0. The molecule has 6 nitrogen and oxygen atoms in total. The fourth-order valence-electron chi connectivity index (χ4n) is 2.34. The molecule has 1 amide bonds. The van der Waals surface area contributed by atoms with Gasteiger partial charge >= 0.3 is 0 Å². The molecule has 0 bridgehead atoms. The Labute approximate surface area is 144 Å². The molecule has 0 spiro atoms. The number of anilines is 1. The van der Waals surface area contributed by atoms with E-state index < -0.39 is 0 Å². The van der Waals surface area contributed by atoms with Crippen LogP contribution in [0.2, 0.25) is 5.02 Å². The molecule has 0 aliphatic rings. The fraction of sp³-hybridized carbons (Fsp3) is 0.176. The van der Waals surface area contributed by atoms with E-state index in [0.29, 0.717) is 22.2 Å². The molecule has 0 atom stereocenters. The molecule has 0 saturated heterocycles. The molecule has 1 heterocycles. The van der Waals surface area contributed by atoms with E-state index in [1.165, 1.54) is 11.0 Å². The van der Waals surface area contributed by atoms with Crippen LogP contribution in [-0.2, 0) is 0 Å². The van der Waals surface area contributed by atoms with Gasteiger partial charge in [0.25, 0.3) is 5.91 Å². The number of halogens is 1. The zero-order valence-corrected chi connectivity index (χ0v) is 14.0. The van der Waals surface area contributed by atoms with E-state index in [1.54, 1.807) is 18.2 Å². The number of benzene rings is 2. The molecule has 24 heavy (non-hydrogen) atoms. The molecule has 0 radical (unpaired) electrons. The minimum atomic E-state index is -0.274. The summed E-state index contributed by atoms with van der Waals surface area (Å²) in [5.74, 6) is 0.105. The van der Waals surface area contributed by atoms with Crippen LogP contribution in [0.15, 0.2) is 48.8 Å². The molecule has 0 aliphatic carbocycles. The van der Waals surface area contributed by atoms with Crippen molar-refractivity contribution in [2.45, 2.75) is 19.8 Å². The predicted octanol–water partition coefficient (Wildman–Crippen LogP) is 3.69. The van der Waals surface area contributed by atoms with Crippen molar-refractivity contribution in [2.75, 3.05) is 5.32 Å². The average Bonchev–Trinajstić information content (AvgIpc) is 3.09. The van der Waals surface area contributed by atoms with Gasteiger partial charge in [-0.05, 0) is 52.2 Å². The number of rotatable bonds is 4. The van der Waals surface area contributed by atoms with E-state index in [9.17, 15) is 4.79 Å². The van der Waals surface area contributed by atoms with Crippen molar-refractivity contribution < 1.29 is 4.79 Å². The molecular formula is C17H16ClN5O. The van der Waals surface area contributed by atoms with Gasteiger partial charge in [0.2, 0.25) is 0 Å². The Morgan fingerprint density at radius 1 is 1.21 bits per heavy atom. The fourth-order valence-corrected chi connectivity index (χ4v) is 2.51. The molecule has 122 valence electrons. The van der Waals surface area contributed by atoms with Gasteiger partial charge in [-0.2, -0.15) is 4.68 Å². The lowest BCUT2D eigenvalue weighted by Gasteiger charge is -2.12. The highest BCUT2D eigenvalue weighted by Gasteiger charge is 2.15. The number of tetrazole rings is 1. The molecule has 0 unspecified atom stereocenters.